The summed E-state index contributed by atoms with van der Waals surface area (Å²) in [6.07, 6.45) is 0. The van der Waals surface area contributed by atoms with Gasteiger partial charge in [0, 0.05) is 12.1 Å². The maximum Gasteiger partial charge on any atom is 0.331 e. The molecule has 0 unspecified atom stereocenters. The van der Waals surface area contributed by atoms with Crippen molar-refractivity contribution in [2.75, 3.05) is 0 Å². The Hall–Kier alpha value is -2.11. The lowest BCUT2D eigenvalue weighted by Crippen LogP contribution is -2.41. The summed E-state index contributed by atoms with van der Waals surface area (Å²) >= 11 is 11.6. The molecule has 0 aliphatic rings. The molecule has 24 heavy (non-hydrogen) atoms. The van der Waals surface area contributed by atoms with Crippen molar-refractivity contribution in [2.24, 2.45) is 7.05 Å². The highest BCUT2D eigenvalue weighted by molar-refractivity contribution is 6.31. The predicted octanol–water partition coefficient (Wildman–Crippen LogP) is 3.76. The summed E-state index contributed by atoms with van der Waals surface area (Å²) < 4.78 is 16.2. The maximum absolute atomic E-state index is 13.8. The number of rotatable bonds is 2. The van der Waals surface area contributed by atoms with E-state index in [9.17, 15) is 14.0 Å². The third-order valence-corrected chi connectivity index (χ3v) is 4.62. The molecule has 0 aliphatic carbocycles. The molecule has 2 aromatic carbocycles. The first kappa shape index (κ1) is 16.7. The molecule has 1 aromatic heterocycles. The molecule has 0 saturated heterocycles. The van der Waals surface area contributed by atoms with E-state index in [1.54, 1.807) is 31.2 Å². The van der Waals surface area contributed by atoms with Gasteiger partial charge in [-0.2, -0.15) is 0 Å². The standard InChI is InChI=1S/C17H13Cl2FN2O2/c1-9(10-3-5-11(18)6-4-10)22-16(23)12-7-14(20)13(19)8-15(12)21(2)17(22)24/h3-9H,1-2H3/t9-/m0/s1. The minimum absolute atomic E-state index is 0.0970. The fourth-order valence-electron chi connectivity index (χ4n) is 2.70. The average molecular weight is 367 g/mol. The molecule has 3 aromatic rings. The van der Waals surface area contributed by atoms with Gasteiger partial charge in [-0.15, -0.1) is 0 Å². The van der Waals surface area contributed by atoms with Crippen molar-refractivity contribution in [1.82, 2.24) is 9.13 Å². The monoisotopic (exact) mass is 366 g/mol. The van der Waals surface area contributed by atoms with E-state index in [1.807, 2.05) is 0 Å². The second-order valence-electron chi connectivity index (χ2n) is 5.53. The maximum atomic E-state index is 13.8. The normalized spacial score (nSPS) is 12.5. The third-order valence-electron chi connectivity index (χ3n) is 4.08. The van der Waals surface area contributed by atoms with Crippen LogP contribution in [0.4, 0.5) is 4.39 Å². The van der Waals surface area contributed by atoms with E-state index in [2.05, 4.69) is 0 Å². The molecule has 124 valence electrons. The van der Waals surface area contributed by atoms with Crippen LogP contribution in [-0.2, 0) is 7.05 Å². The molecule has 7 heteroatoms. The van der Waals surface area contributed by atoms with E-state index in [0.29, 0.717) is 5.02 Å². The zero-order valence-corrected chi connectivity index (χ0v) is 14.4. The highest BCUT2D eigenvalue weighted by Crippen LogP contribution is 2.22. The number of hydrogen-bond acceptors (Lipinski definition) is 2. The summed E-state index contributed by atoms with van der Waals surface area (Å²) in [7, 11) is 1.52. The molecule has 0 bridgehead atoms. The number of halogens is 3. The SMILES string of the molecule is C[C@@H](c1ccc(Cl)cc1)n1c(=O)c2cc(F)c(Cl)cc2n(C)c1=O. The number of aromatic nitrogens is 2. The van der Waals surface area contributed by atoms with Crippen molar-refractivity contribution in [2.45, 2.75) is 13.0 Å². The van der Waals surface area contributed by atoms with Gasteiger partial charge in [0.25, 0.3) is 5.56 Å². The molecule has 3 rings (SSSR count). The van der Waals surface area contributed by atoms with Crippen molar-refractivity contribution >= 4 is 34.1 Å². The van der Waals surface area contributed by atoms with Gasteiger partial charge < -0.3 is 0 Å². The molecule has 4 nitrogen and oxygen atoms in total. The summed E-state index contributed by atoms with van der Waals surface area (Å²) in [4.78, 5) is 25.4. The number of hydrogen-bond donors (Lipinski definition) is 0. The van der Waals surface area contributed by atoms with Gasteiger partial charge in [-0.05, 0) is 36.8 Å². The van der Waals surface area contributed by atoms with Crippen molar-refractivity contribution < 1.29 is 4.39 Å². The van der Waals surface area contributed by atoms with Gasteiger partial charge in [-0.3, -0.25) is 13.9 Å². The van der Waals surface area contributed by atoms with Gasteiger partial charge in [-0.1, -0.05) is 35.3 Å². The van der Waals surface area contributed by atoms with E-state index in [4.69, 9.17) is 23.2 Å². The lowest BCUT2D eigenvalue weighted by molar-refractivity contribution is 0.560. The second kappa shape index (κ2) is 6.07. The van der Waals surface area contributed by atoms with Crippen LogP contribution < -0.4 is 11.2 Å². The van der Waals surface area contributed by atoms with Crippen LogP contribution in [0.15, 0.2) is 46.0 Å². The van der Waals surface area contributed by atoms with Crippen LogP contribution in [0.1, 0.15) is 18.5 Å². The van der Waals surface area contributed by atoms with Crippen molar-refractivity contribution in [1.29, 1.82) is 0 Å². The molecule has 0 spiro atoms. The quantitative estimate of drug-likeness (QED) is 0.692. The van der Waals surface area contributed by atoms with Gasteiger partial charge >= 0.3 is 5.69 Å². The van der Waals surface area contributed by atoms with Gasteiger partial charge in [0.15, 0.2) is 0 Å². The van der Waals surface area contributed by atoms with Crippen LogP contribution in [0.3, 0.4) is 0 Å². The first-order valence-corrected chi connectivity index (χ1v) is 7.92. The molecule has 0 radical (unpaired) electrons. The van der Waals surface area contributed by atoms with E-state index >= 15 is 0 Å². The lowest BCUT2D eigenvalue weighted by atomic mass is 10.1. The van der Waals surface area contributed by atoms with Gasteiger partial charge in [0.2, 0.25) is 0 Å². The summed E-state index contributed by atoms with van der Waals surface area (Å²) in [6.45, 7) is 1.73. The Labute approximate surface area is 146 Å². The van der Waals surface area contributed by atoms with E-state index in [-0.39, 0.29) is 15.9 Å². The molecule has 0 N–H and O–H groups in total. The number of nitrogens with zero attached hydrogens (tertiary/aromatic N) is 2. The Balaban J connectivity index is 2.32. The van der Waals surface area contributed by atoms with Crippen molar-refractivity contribution in [3.63, 3.8) is 0 Å². The van der Waals surface area contributed by atoms with Crippen LogP contribution in [0.2, 0.25) is 10.0 Å². The Morgan fingerprint density at radius 3 is 2.33 bits per heavy atom. The number of benzene rings is 2. The van der Waals surface area contributed by atoms with E-state index in [0.717, 1.165) is 16.2 Å². The first-order valence-electron chi connectivity index (χ1n) is 7.17. The van der Waals surface area contributed by atoms with Gasteiger partial charge in [-0.25, -0.2) is 9.18 Å². The second-order valence-corrected chi connectivity index (χ2v) is 6.37. The molecular weight excluding hydrogens is 354 g/mol. The highest BCUT2D eigenvalue weighted by atomic mass is 35.5. The Bertz CT molecular complexity index is 1060. The molecule has 0 aliphatic heterocycles. The lowest BCUT2D eigenvalue weighted by Gasteiger charge is -2.17. The van der Waals surface area contributed by atoms with Gasteiger partial charge in [0.05, 0.1) is 22.0 Å². The largest absolute Gasteiger partial charge is 0.331 e. The van der Waals surface area contributed by atoms with Crippen LogP contribution in [0, 0.1) is 5.82 Å². The van der Waals surface area contributed by atoms with E-state index in [1.165, 1.54) is 17.7 Å². The fraction of sp³-hybridized carbons (Fsp3) is 0.176. The fourth-order valence-corrected chi connectivity index (χ4v) is 2.98. The predicted molar refractivity (Wildman–Crippen MR) is 93.7 cm³/mol. The first-order chi connectivity index (χ1) is 11.3. The topological polar surface area (TPSA) is 44.0 Å². The third kappa shape index (κ3) is 2.64. The molecule has 1 atom stereocenters. The van der Waals surface area contributed by atoms with Crippen molar-refractivity contribution in [3.05, 3.63) is 78.7 Å². The number of aryl methyl sites for hydroxylation is 1. The van der Waals surface area contributed by atoms with Crippen molar-refractivity contribution in [3.8, 4) is 0 Å². The van der Waals surface area contributed by atoms with Crippen LogP contribution in [0.25, 0.3) is 10.9 Å². The minimum atomic E-state index is -0.703. The van der Waals surface area contributed by atoms with E-state index < -0.39 is 23.1 Å². The van der Waals surface area contributed by atoms with Gasteiger partial charge in [0.1, 0.15) is 5.82 Å². The van der Waals surface area contributed by atoms with Crippen LogP contribution in [0.5, 0.6) is 0 Å². The zero-order valence-electron chi connectivity index (χ0n) is 12.9. The summed E-state index contributed by atoms with van der Waals surface area (Å²) in [5.74, 6) is -0.703. The average Bonchev–Trinajstić information content (AvgIpc) is 2.55. The summed E-state index contributed by atoms with van der Waals surface area (Å²) in [5.41, 5.74) is -0.0351. The summed E-state index contributed by atoms with van der Waals surface area (Å²) in [6, 6.07) is 8.66. The molecule has 0 amide bonds. The summed E-state index contributed by atoms with van der Waals surface area (Å²) in [5, 5.41) is 0.515. The molecule has 1 heterocycles. The smallest absolute Gasteiger partial charge is 0.296 e. The van der Waals surface area contributed by atoms with Crippen LogP contribution in [-0.4, -0.2) is 9.13 Å². The Morgan fingerprint density at radius 2 is 1.71 bits per heavy atom. The zero-order chi connectivity index (χ0) is 17.6. The highest BCUT2D eigenvalue weighted by Gasteiger charge is 2.18. The minimum Gasteiger partial charge on any atom is -0.296 e. The Kier molecular flexibility index (Phi) is 4.24. The molecular formula is C17H13Cl2FN2O2. The molecule has 0 fully saturated rings. The Morgan fingerprint density at radius 1 is 1.08 bits per heavy atom. The number of fused-ring (bicyclic) bond motifs is 1. The van der Waals surface area contributed by atoms with Crippen LogP contribution >= 0.6 is 23.2 Å². The molecule has 0 saturated carbocycles.